The summed E-state index contributed by atoms with van der Waals surface area (Å²) in [6, 6.07) is 10.2. The van der Waals surface area contributed by atoms with Gasteiger partial charge in [-0.05, 0) is 43.2 Å². The van der Waals surface area contributed by atoms with Crippen molar-refractivity contribution in [3.63, 3.8) is 0 Å². The first-order valence-electron chi connectivity index (χ1n) is 8.35. The van der Waals surface area contributed by atoms with Crippen molar-refractivity contribution in [3.05, 3.63) is 58.4 Å². The van der Waals surface area contributed by atoms with Crippen LogP contribution in [0.1, 0.15) is 29.8 Å². The minimum Gasteiger partial charge on any atom is -0.481 e. The average molecular weight is 360 g/mol. The van der Waals surface area contributed by atoms with Gasteiger partial charge in [0.2, 0.25) is 0 Å². The van der Waals surface area contributed by atoms with Crippen LogP contribution in [0.25, 0.3) is 0 Å². The molecule has 1 unspecified atom stereocenters. The number of carboxylic acids is 1. The molecule has 2 heterocycles. The fourth-order valence-corrected chi connectivity index (χ4v) is 3.13. The summed E-state index contributed by atoms with van der Waals surface area (Å²) in [5.74, 6) is -0.957. The molecule has 1 atom stereocenters. The summed E-state index contributed by atoms with van der Waals surface area (Å²) in [4.78, 5) is 17.4. The molecular formula is C19H22ClN3O2. The second-order valence-corrected chi connectivity index (χ2v) is 7.05. The first-order chi connectivity index (χ1) is 11.9. The van der Waals surface area contributed by atoms with Gasteiger partial charge in [-0.1, -0.05) is 23.7 Å². The van der Waals surface area contributed by atoms with E-state index in [1.165, 1.54) is 5.56 Å². The van der Waals surface area contributed by atoms with E-state index in [-0.39, 0.29) is 12.0 Å². The minimum atomic E-state index is -0.716. The first-order valence-corrected chi connectivity index (χ1v) is 8.73. The monoisotopic (exact) mass is 359 g/mol. The number of likely N-dealkylation sites (tertiary alicyclic amines) is 1. The maximum Gasteiger partial charge on any atom is 0.309 e. The summed E-state index contributed by atoms with van der Waals surface area (Å²) < 4.78 is 0. The second kappa shape index (κ2) is 7.42. The molecule has 132 valence electrons. The van der Waals surface area contributed by atoms with E-state index in [1.54, 1.807) is 6.20 Å². The van der Waals surface area contributed by atoms with Crippen molar-refractivity contribution >= 4 is 23.3 Å². The number of carboxylic acid groups (broad SMARTS) is 1. The van der Waals surface area contributed by atoms with E-state index < -0.39 is 5.97 Å². The van der Waals surface area contributed by atoms with Crippen molar-refractivity contribution in [2.45, 2.75) is 26.4 Å². The Morgan fingerprint density at radius 1 is 1.40 bits per heavy atom. The van der Waals surface area contributed by atoms with Crippen molar-refractivity contribution in [3.8, 4) is 0 Å². The third-order valence-electron chi connectivity index (χ3n) is 4.57. The molecule has 3 rings (SSSR count). The topological polar surface area (TPSA) is 65.5 Å². The number of nitrogens with one attached hydrogen (secondary N) is 1. The quantitative estimate of drug-likeness (QED) is 0.822. The molecule has 1 aromatic carbocycles. The lowest BCUT2D eigenvalue weighted by atomic mass is 10.0. The van der Waals surface area contributed by atoms with E-state index in [0.29, 0.717) is 19.6 Å². The highest BCUT2D eigenvalue weighted by Crippen LogP contribution is 2.24. The Hall–Kier alpha value is -2.11. The Balaban J connectivity index is 1.61. The Morgan fingerprint density at radius 2 is 2.16 bits per heavy atom. The van der Waals surface area contributed by atoms with Crippen LogP contribution in [0, 0.1) is 12.8 Å². The number of rotatable bonds is 6. The molecule has 1 aliphatic heterocycles. The molecular weight excluding hydrogens is 338 g/mol. The fraction of sp³-hybridized carbons (Fsp3) is 0.368. The Labute approximate surface area is 152 Å². The van der Waals surface area contributed by atoms with Gasteiger partial charge in [0.15, 0.2) is 0 Å². The Kier molecular flexibility index (Phi) is 5.25. The van der Waals surface area contributed by atoms with Gasteiger partial charge in [0.25, 0.3) is 0 Å². The lowest BCUT2D eigenvalue weighted by Crippen LogP contribution is -2.49. The number of carbonyl (C=O) groups is 1. The summed E-state index contributed by atoms with van der Waals surface area (Å²) >= 11 is 6.09. The number of hydrogen-bond acceptors (Lipinski definition) is 4. The van der Waals surface area contributed by atoms with Crippen LogP contribution in [-0.2, 0) is 11.3 Å². The predicted octanol–water partition coefficient (Wildman–Crippen LogP) is 3.73. The van der Waals surface area contributed by atoms with Crippen LogP contribution < -0.4 is 5.32 Å². The normalized spacial score (nSPS) is 16.3. The van der Waals surface area contributed by atoms with E-state index in [1.807, 2.05) is 31.2 Å². The highest BCUT2D eigenvalue weighted by atomic mass is 35.5. The van der Waals surface area contributed by atoms with Crippen molar-refractivity contribution < 1.29 is 9.90 Å². The third-order valence-corrected chi connectivity index (χ3v) is 5.00. The van der Waals surface area contributed by atoms with Crippen LogP contribution in [-0.4, -0.2) is 34.0 Å². The molecule has 1 aliphatic rings. The molecule has 0 aliphatic carbocycles. The Bertz CT molecular complexity index is 775. The highest BCUT2D eigenvalue weighted by Gasteiger charge is 2.32. The molecule has 6 heteroatoms. The number of halogens is 1. The van der Waals surface area contributed by atoms with Crippen LogP contribution in [0.4, 0.5) is 5.69 Å². The second-order valence-electron chi connectivity index (χ2n) is 6.64. The standard InChI is InChI=1S/C19H22ClN3O2/c1-12-7-14(3-4-18(12)20)13(2)22-16-5-6-21-17(8-16)11-23-9-15(10-23)19(24)25/h3-8,13,15H,9-11H2,1-2H3,(H,21,22)(H,24,25). The molecule has 1 saturated heterocycles. The average Bonchev–Trinajstić information content (AvgIpc) is 2.53. The lowest BCUT2D eigenvalue weighted by Gasteiger charge is -2.36. The maximum absolute atomic E-state index is 10.9. The third kappa shape index (κ3) is 4.30. The van der Waals surface area contributed by atoms with Gasteiger partial charge in [-0.2, -0.15) is 0 Å². The number of anilines is 1. The van der Waals surface area contributed by atoms with Crippen LogP contribution in [0.5, 0.6) is 0 Å². The van der Waals surface area contributed by atoms with Crippen LogP contribution in [0.15, 0.2) is 36.5 Å². The molecule has 2 aromatic rings. The van der Waals surface area contributed by atoms with Gasteiger partial charge in [0.1, 0.15) is 0 Å². The van der Waals surface area contributed by atoms with Gasteiger partial charge < -0.3 is 10.4 Å². The van der Waals surface area contributed by atoms with E-state index in [9.17, 15) is 4.79 Å². The molecule has 0 radical (unpaired) electrons. The minimum absolute atomic E-state index is 0.145. The number of hydrogen-bond donors (Lipinski definition) is 2. The zero-order valence-electron chi connectivity index (χ0n) is 14.4. The lowest BCUT2D eigenvalue weighted by molar-refractivity contribution is -0.147. The summed E-state index contributed by atoms with van der Waals surface area (Å²) in [5.41, 5.74) is 4.18. The van der Waals surface area contributed by atoms with E-state index in [0.717, 1.165) is 22.0 Å². The zero-order chi connectivity index (χ0) is 18.0. The molecule has 1 fully saturated rings. The van der Waals surface area contributed by atoms with Gasteiger partial charge in [0, 0.05) is 42.6 Å². The van der Waals surface area contributed by atoms with Crippen molar-refractivity contribution in [2.24, 2.45) is 5.92 Å². The number of aryl methyl sites for hydroxylation is 1. The molecule has 0 saturated carbocycles. The van der Waals surface area contributed by atoms with Gasteiger partial charge in [-0.25, -0.2) is 0 Å². The Morgan fingerprint density at radius 3 is 2.84 bits per heavy atom. The molecule has 0 spiro atoms. The van der Waals surface area contributed by atoms with Crippen molar-refractivity contribution in [2.75, 3.05) is 18.4 Å². The van der Waals surface area contributed by atoms with Gasteiger partial charge in [0.05, 0.1) is 11.6 Å². The van der Waals surface area contributed by atoms with Gasteiger partial charge in [-0.15, -0.1) is 0 Å². The van der Waals surface area contributed by atoms with Gasteiger partial charge in [-0.3, -0.25) is 14.7 Å². The summed E-state index contributed by atoms with van der Waals surface area (Å²) in [7, 11) is 0. The SMILES string of the molecule is Cc1cc(C(C)Nc2ccnc(CN3CC(C(=O)O)C3)c2)ccc1Cl. The molecule has 0 amide bonds. The van der Waals surface area contributed by atoms with E-state index in [2.05, 4.69) is 28.2 Å². The number of aromatic nitrogens is 1. The molecule has 25 heavy (non-hydrogen) atoms. The molecule has 1 aromatic heterocycles. The van der Waals surface area contributed by atoms with Crippen LogP contribution in [0.2, 0.25) is 5.02 Å². The molecule has 0 bridgehead atoms. The number of pyridine rings is 1. The summed E-state index contributed by atoms with van der Waals surface area (Å²) in [6.07, 6.45) is 1.78. The van der Waals surface area contributed by atoms with Crippen molar-refractivity contribution in [1.82, 2.24) is 9.88 Å². The smallest absolute Gasteiger partial charge is 0.309 e. The zero-order valence-corrected chi connectivity index (χ0v) is 15.1. The summed E-state index contributed by atoms with van der Waals surface area (Å²) in [5, 5.41) is 13.2. The maximum atomic E-state index is 10.9. The molecule has 2 N–H and O–H groups in total. The van der Waals surface area contributed by atoms with Crippen molar-refractivity contribution in [1.29, 1.82) is 0 Å². The van der Waals surface area contributed by atoms with Gasteiger partial charge >= 0.3 is 5.97 Å². The fourth-order valence-electron chi connectivity index (χ4n) is 3.01. The van der Waals surface area contributed by atoms with E-state index >= 15 is 0 Å². The number of nitrogens with zero attached hydrogens (tertiary/aromatic N) is 2. The highest BCUT2D eigenvalue weighted by molar-refractivity contribution is 6.31. The molecule has 5 nitrogen and oxygen atoms in total. The first kappa shape index (κ1) is 17.7. The van der Waals surface area contributed by atoms with E-state index in [4.69, 9.17) is 16.7 Å². The van der Waals surface area contributed by atoms with Crippen LogP contribution >= 0.6 is 11.6 Å². The van der Waals surface area contributed by atoms with Crippen LogP contribution in [0.3, 0.4) is 0 Å². The number of aliphatic carboxylic acids is 1. The largest absolute Gasteiger partial charge is 0.481 e. The summed E-state index contributed by atoms with van der Waals surface area (Å²) in [6.45, 7) is 5.97. The predicted molar refractivity (Wildman–Crippen MR) is 98.9 cm³/mol. The number of benzene rings is 1.